The van der Waals surface area contributed by atoms with Gasteiger partial charge in [-0.05, 0) is 36.8 Å². The summed E-state index contributed by atoms with van der Waals surface area (Å²) in [5.41, 5.74) is 1.46. The summed E-state index contributed by atoms with van der Waals surface area (Å²) in [7, 11) is 1.58. The first kappa shape index (κ1) is 16.5. The van der Waals surface area contributed by atoms with E-state index in [0.717, 1.165) is 11.3 Å². The smallest absolute Gasteiger partial charge is 0.311 e. The number of carbonyl (C=O) groups is 2. The predicted octanol–water partition coefficient (Wildman–Crippen LogP) is 2.81. The zero-order chi connectivity index (χ0) is 16.7. The van der Waals surface area contributed by atoms with Gasteiger partial charge >= 0.3 is 5.97 Å². The topological polar surface area (TPSA) is 64.6 Å². The first-order valence-corrected chi connectivity index (χ1v) is 7.27. The van der Waals surface area contributed by atoms with E-state index in [1.54, 1.807) is 50.4 Å². The molecular formula is C18H19NO4. The molecule has 23 heavy (non-hydrogen) atoms. The van der Waals surface area contributed by atoms with Crippen molar-refractivity contribution < 1.29 is 19.1 Å². The van der Waals surface area contributed by atoms with Crippen molar-refractivity contribution in [1.82, 2.24) is 0 Å². The molecule has 0 spiro atoms. The Balaban J connectivity index is 1.84. The summed E-state index contributed by atoms with van der Waals surface area (Å²) in [6, 6.07) is 16.1. The second-order valence-corrected chi connectivity index (χ2v) is 5.01. The molecule has 0 heterocycles. The average molecular weight is 313 g/mol. The molecule has 0 bridgehead atoms. The number of para-hydroxylation sites is 1. The van der Waals surface area contributed by atoms with E-state index in [1.165, 1.54) is 0 Å². The first-order chi connectivity index (χ1) is 11.1. The minimum atomic E-state index is -0.860. The summed E-state index contributed by atoms with van der Waals surface area (Å²) in [6.45, 7) is 1.55. The van der Waals surface area contributed by atoms with Crippen LogP contribution in [0.4, 0.5) is 5.69 Å². The van der Waals surface area contributed by atoms with Gasteiger partial charge in [-0.25, -0.2) is 0 Å². The maximum Gasteiger partial charge on any atom is 0.311 e. The van der Waals surface area contributed by atoms with E-state index in [-0.39, 0.29) is 12.3 Å². The number of benzene rings is 2. The number of methoxy groups -OCH3 is 1. The summed E-state index contributed by atoms with van der Waals surface area (Å²) in [6.07, 6.45) is -0.756. The standard InChI is InChI=1S/C18H19NO4/c1-13(18(21)19-15-6-4-3-5-7-15)23-17(20)12-14-8-10-16(22-2)11-9-14/h3-11,13H,12H2,1-2H3,(H,19,21). The Morgan fingerprint density at radius 2 is 1.70 bits per heavy atom. The summed E-state index contributed by atoms with van der Waals surface area (Å²) in [5, 5.41) is 2.69. The summed E-state index contributed by atoms with van der Waals surface area (Å²) >= 11 is 0. The monoisotopic (exact) mass is 313 g/mol. The highest BCUT2D eigenvalue weighted by Crippen LogP contribution is 2.12. The van der Waals surface area contributed by atoms with Gasteiger partial charge in [-0.2, -0.15) is 0 Å². The minimum absolute atomic E-state index is 0.104. The van der Waals surface area contributed by atoms with Crippen LogP contribution in [-0.4, -0.2) is 25.1 Å². The van der Waals surface area contributed by atoms with Crippen molar-refractivity contribution in [2.75, 3.05) is 12.4 Å². The molecule has 1 unspecified atom stereocenters. The van der Waals surface area contributed by atoms with Gasteiger partial charge in [0.1, 0.15) is 5.75 Å². The second-order valence-electron chi connectivity index (χ2n) is 5.01. The Morgan fingerprint density at radius 1 is 1.04 bits per heavy atom. The van der Waals surface area contributed by atoms with Gasteiger partial charge < -0.3 is 14.8 Å². The van der Waals surface area contributed by atoms with E-state index in [1.807, 2.05) is 18.2 Å². The number of hydrogen-bond acceptors (Lipinski definition) is 4. The van der Waals surface area contributed by atoms with Crippen LogP contribution in [0.15, 0.2) is 54.6 Å². The van der Waals surface area contributed by atoms with Gasteiger partial charge in [-0.1, -0.05) is 30.3 Å². The Hall–Kier alpha value is -2.82. The zero-order valence-corrected chi connectivity index (χ0v) is 13.1. The SMILES string of the molecule is COc1ccc(CC(=O)OC(C)C(=O)Nc2ccccc2)cc1. The predicted molar refractivity (Wildman–Crippen MR) is 87.3 cm³/mol. The minimum Gasteiger partial charge on any atom is -0.497 e. The lowest BCUT2D eigenvalue weighted by molar-refractivity contribution is -0.152. The van der Waals surface area contributed by atoms with Crippen molar-refractivity contribution in [3.8, 4) is 5.75 Å². The number of anilines is 1. The van der Waals surface area contributed by atoms with Gasteiger partial charge in [0.15, 0.2) is 6.10 Å². The normalized spacial score (nSPS) is 11.4. The van der Waals surface area contributed by atoms with E-state index in [9.17, 15) is 9.59 Å². The average Bonchev–Trinajstić information content (AvgIpc) is 2.56. The molecule has 2 aromatic rings. The van der Waals surface area contributed by atoms with Crippen molar-refractivity contribution in [3.63, 3.8) is 0 Å². The molecule has 0 aliphatic carbocycles. The Bertz CT molecular complexity index is 652. The van der Waals surface area contributed by atoms with Crippen LogP contribution >= 0.6 is 0 Å². The van der Waals surface area contributed by atoms with Crippen molar-refractivity contribution in [1.29, 1.82) is 0 Å². The van der Waals surface area contributed by atoms with Gasteiger partial charge in [-0.15, -0.1) is 0 Å². The molecular weight excluding hydrogens is 294 g/mol. The summed E-state index contributed by atoms with van der Waals surface area (Å²) < 4.78 is 10.2. The quantitative estimate of drug-likeness (QED) is 0.833. The van der Waals surface area contributed by atoms with E-state index in [2.05, 4.69) is 5.32 Å². The van der Waals surface area contributed by atoms with E-state index in [0.29, 0.717) is 5.69 Å². The van der Waals surface area contributed by atoms with Crippen molar-refractivity contribution >= 4 is 17.6 Å². The molecule has 0 fully saturated rings. The van der Waals surface area contributed by atoms with Crippen LogP contribution < -0.4 is 10.1 Å². The molecule has 1 atom stereocenters. The molecule has 120 valence electrons. The number of esters is 1. The first-order valence-electron chi connectivity index (χ1n) is 7.27. The molecule has 0 aliphatic heterocycles. The van der Waals surface area contributed by atoms with Crippen molar-refractivity contribution in [3.05, 3.63) is 60.2 Å². The molecule has 0 aromatic heterocycles. The molecule has 5 heteroatoms. The molecule has 0 saturated heterocycles. The van der Waals surface area contributed by atoms with Crippen LogP contribution in [0.1, 0.15) is 12.5 Å². The lowest BCUT2D eigenvalue weighted by Crippen LogP contribution is -2.30. The van der Waals surface area contributed by atoms with Crippen molar-refractivity contribution in [2.45, 2.75) is 19.4 Å². The van der Waals surface area contributed by atoms with Crippen molar-refractivity contribution in [2.24, 2.45) is 0 Å². The fourth-order valence-corrected chi connectivity index (χ4v) is 1.97. The Morgan fingerprint density at radius 3 is 2.30 bits per heavy atom. The largest absolute Gasteiger partial charge is 0.497 e. The van der Waals surface area contributed by atoms with Gasteiger partial charge in [0.05, 0.1) is 13.5 Å². The van der Waals surface area contributed by atoms with E-state index >= 15 is 0 Å². The highest BCUT2D eigenvalue weighted by molar-refractivity contribution is 5.95. The molecule has 1 N–H and O–H groups in total. The van der Waals surface area contributed by atoms with Crippen LogP contribution in [0.2, 0.25) is 0 Å². The molecule has 0 aliphatic rings. The summed E-state index contributed by atoms with van der Waals surface area (Å²) in [5.74, 6) is -0.0946. The number of carbonyl (C=O) groups excluding carboxylic acids is 2. The highest BCUT2D eigenvalue weighted by Gasteiger charge is 2.18. The van der Waals surface area contributed by atoms with Crippen LogP contribution in [0.3, 0.4) is 0 Å². The maximum absolute atomic E-state index is 12.0. The maximum atomic E-state index is 12.0. The fourth-order valence-electron chi connectivity index (χ4n) is 1.97. The van der Waals surface area contributed by atoms with E-state index < -0.39 is 12.1 Å². The van der Waals surface area contributed by atoms with Crippen LogP contribution in [-0.2, 0) is 20.7 Å². The number of rotatable bonds is 6. The van der Waals surface area contributed by atoms with E-state index in [4.69, 9.17) is 9.47 Å². The molecule has 1 amide bonds. The van der Waals surface area contributed by atoms with Gasteiger partial charge in [-0.3, -0.25) is 9.59 Å². The Labute approximate surface area is 135 Å². The number of ether oxygens (including phenoxy) is 2. The third-order valence-electron chi connectivity index (χ3n) is 3.23. The number of amides is 1. The Kier molecular flexibility index (Phi) is 5.74. The van der Waals surface area contributed by atoms with Crippen LogP contribution in [0, 0.1) is 0 Å². The van der Waals surface area contributed by atoms with Crippen LogP contribution in [0.5, 0.6) is 5.75 Å². The van der Waals surface area contributed by atoms with Gasteiger partial charge in [0.25, 0.3) is 5.91 Å². The lowest BCUT2D eigenvalue weighted by Gasteiger charge is -2.13. The van der Waals surface area contributed by atoms with Gasteiger partial charge in [0, 0.05) is 5.69 Å². The summed E-state index contributed by atoms with van der Waals surface area (Å²) in [4.78, 5) is 23.9. The van der Waals surface area contributed by atoms with Crippen LogP contribution in [0.25, 0.3) is 0 Å². The highest BCUT2D eigenvalue weighted by atomic mass is 16.5. The molecule has 0 radical (unpaired) electrons. The zero-order valence-electron chi connectivity index (χ0n) is 13.1. The van der Waals surface area contributed by atoms with Gasteiger partial charge in [0.2, 0.25) is 0 Å². The molecule has 0 saturated carbocycles. The molecule has 2 rings (SSSR count). The molecule has 5 nitrogen and oxygen atoms in total. The number of hydrogen-bond donors (Lipinski definition) is 1. The fraction of sp³-hybridized carbons (Fsp3) is 0.222. The lowest BCUT2D eigenvalue weighted by atomic mass is 10.1. The second kappa shape index (κ2) is 7.98. The third kappa shape index (κ3) is 5.14. The number of nitrogens with one attached hydrogen (secondary N) is 1. The molecule has 2 aromatic carbocycles. The third-order valence-corrected chi connectivity index (χ3v) is 3.23.